The highest BCUT2D eigenvalue weighted by Gasteiger charge is 2.22. The Bertz CT molecular complexity index is 299. The van der Waals surface area contributed by atoms with Crippen molar-refractivity contribution in [3.05, 3.63) is 0 Å². The number of nitrogens with zero attached hydrogens (tertiary/aromatic N) is 2. The second kappa shape index (κ2) is 10.4. The SMILES string of the molecule is CCOCC1CCCN(CCC(=O)N2CCNCC2)C1.Cl. The number of halogens is 1. The predicted molar refractivity (Wildman–Crippen MR) is 87.0 cm³/mol. The number of likely N-dealkylation sites (tertiary alicyclic amines) is 1. The molecule has 2 rings (SSSR count). The summed E-state index contributed by atoms with van der Waals surface area (Å²) in [5, 5.41) is 3.28. The van der Waals surface area contributed by atoms with Crippen LogP contribution in [0.2, 0.25) is 0 Å². The minimum atomic E-state index is 0. The van der Waals surface area contributed by atoms with Gasteiger partial charge in [0.25, 0.3) is 0 Å². The van der Waals surface area contributed by atoms with Crippen molar-refractivity contribution in [2.24, 2.45) is 5.92 Å². The topological polar surface area (TPSA) is 44.8 Å². The van der Waals surface area contributed by atoms with Crippen molar-refractivity contribution in [1.29, 1.82) is 0 Å². The number of ether oxygens (including phenoxy) is 1. The Labute approximate surface area is 134 Å². The zero-order chi connectivity index (χ0) is 14.2. The molecule has 0 radical (unpaired) electrons. The Morgan fingerprint density at radius 2 is 2.05 bits per heavy atom. The van der Waals surface area contributed by atoms with Crippen LogP contribution in [0, 0.1) is 5.92 Å². The Morgan fingerprint density at radius 3 is 2.76 bits per heavy atom. The molecule has 1 unspecified atom stereocenters. The number of hydrogen-bond donors (Lipinski definition) is 1. The largest absolute Gasteiger partial charge is 0.381 e. The number of piperidine rings is 1. The third kappa shape index (κ3) is 6.51. The van der Waals surface area contributed by atoms with Gasteiger partial charge in [0.15, 0.2) is 0 Å². The van der Waals surface area contributed by atoms with Gasteiger partial charge in [-0.25, -0.2) is 0 Å². The number of carbonyl (C=O) groups excluding carboxylic acids is 1. The number of nitrogens with one attached hydrogen (secondary N) is 1. The fourth-order valence-electron chi connectivity index (χ4n) is 3.10. The van der Waals surface area contributed by atoms with E-state index in [0.717, 1.165) is 59.0 Å². The fraction of sp³-hybridized carbons (Fsp3) is 0.933. The molecule has 5 nitrogen and oxygen atoms in total. The Morgan fingerprint density at radius 1 is 1.29 bits per heavy atom. The van der Waals surface area contributed by atoms with Crippen molar-refractivity contribution < 1.29 is 9.53 Å². The maximum Gasteiger partial charge on any atom is 0.223 e. The molecule has 21 heavy (non-hydrogen) atoms. The number of rotatable bonds is 6. The molecular formula is C15H30ClN3O2. The molecule has 1 amide bonds. The summed E-state index contributed by atoms with van der Waals surface area (Å²) in [6, 6.07) is 0. The summed E-state index contributed by atoms with van der Waals surface area (Å²) in [6.45, 7) is 10.5. The minimum Gasteiger partial charge on any atom is -0.381 e. The number of hydrogen-bond acceptors (Lipinski definition) is 4. The maximum absolute atomic E-state index is 12.1. The van der Waals surface area contributed by atoms with Crippen molar-refractivity contribution in [3.8, 4) is 0 Å². The predicted octanol–water partition coefficient (Wildman–Crippen LogP) is 0.979. The standard InChI is InChI=1S/C15H29N3O2.ClH/c1-2-20-13-14-4-3-8-17(12-14)9-5-15(19)18-10-6-16-7-11-18;/h14,16H,2-13H2,1H3;1H. The molecule has 2 aliphatic rings. The van der Waals surface area contributed by atoms with E-state index in [4.69, 9.17) is 4.74 Å². The minimum absolute atomic E-state index is 0. The molecule has 2 aliphatic heterocycles. The van der Waals surface area contributed by atoms with Crippen LogP contribution < -0.4 is 5.32 Å². The smallest absolute Gasteiger partial charge is 0.223 e. The van der Waals surface area contributed by atoms with Crippen LogP contribution in [0.15, 0.2) is 0 Å². The van der Waals surface area contributed by atoms with Crippen LogP contribution in [0.4, 0.5) is 0 Å². The van der Waals surface area contributed by atoms with Crippen molar-refractivity contribution >= 4 is 18.3 Å². The first-order valence-corrected chi connectivity index (χ1v) is 8.08. The van der Waals surface area contributed by atoms with Gasteiger partial charge in [-0.15, -0.1) is 12.4 Å². The van der Waals surface area contributed by atoms with E-state index in [0.29, 0.717) is 18.2 Å². The average Bonchev–Trinajstić information content (AvgIpc) is 2.52. The van der Waals surface area contributed by atoms with Crippen LogP contribution in [-0.4, -0.2) is 74.7 Å². The molecule has 124 valence electrons. The molecule has 6 heteroatoms. The summed E-state index contributed by atoms with van der Waals surface area (Å²) in [4.78, 5) is 16.6. The lowest BCUT2D eigenvalue weighted by Gasteiger charge is -2.33. The summed E-state index contributed by atoms with van der Waals surface area (Å²) < 4.78 is 5.53. The van der Waals surface area contributed by atoms with Gasteiger partial charge in [-0.1, -0.05) is 0 Å². The Kier molecular flexibility index (Phi) is 9.24. The van der Waals surface area contributed by atoms with Crippen molar-refractivity contribution in [1.82, 2.24) is 15.1 Å². The van der Waals surface area contributed by atoms with Crippen molar-refractivity contribution in [2.75, 3.05) is 59.0 Å². The molecule has 0 aromatic heterocycles. The van der Waals surface area contributed by atoms with E-state index in [1.807, 2.05) is 11.8 Å². The molecule has 1 N–H and O–H groups in total. The van der Waals surface area contributed by atoms with Crippen LogP contribution in [0.3, 0.4) is 0 Å². The van der Waals surface area contributed by atoms with E-state index in [1.54, 1.807) is 0 Å². The third-order valence-corrected chi connectivity index (χ3v) is 4.27. The number of amides is 1. The Balaban J connectivity index is 0.00000220. The molecule has 0 aliphatic carbocycles. The fourth-order valence-corrected chi connectivity index (χ4v) is 3.10. The van der Waals surface area contributed by atoms with Gasteiger partial charge >= 0.3 is 0 Å². The molecule has 0 aromatic rings. The summed E-state index contributed by atoms with van der Waals surface area (Å²) in [6.07, 6.45) is 3.17. The lowest BCUT2D eigenvalue weighted by atomic mass is 9.99. The number of carbonyl (C=O) groups is 1. The van der Waals surface area contributed by atoms with Gasteiger partial charge in [0.2, 0.25) is 5.91 Å². The quantitative estimate of drug-likeness (QED) is 0.792. The summed E-state index contributed by atoms with van der Waals surface area (Å²) >= 11 is 0. The van der Waals surface area contributed by atoms with Crippen LogP contribution in [0.1, 0.15) is 26.2 Å². The second-order valence-electron chi connectivity index (χ2n) is 5.85. The van der Waals surface area contributed by atoms with Crippen LogP contribution in [-0.2, 0) is 9.53 Å². The summed E-state index contributed by atoms with van der Waals surface area (Å²) in [7, 11) is 0. The van der Waals surface area contributed by atoms with Crippen molar-refractivity contribution in [2.45, 2.75) is 26.2 Å². The van der Waals surface area contributed by atoms with Gasteiger partial charge in [-0.3, -0.25) is 4.79 Å². The molecule has 0 saturated carbocycles. The number of piperazine rings is 1. The normalized spacial score (nSPS) is 23.7. The Hall–Kier alpha value is -0.360. The van der Waals surface area contributed by atoms with E-state index in [1.165, 1.54) is 12.8 Å². The van der Waals surface area contributed by atoms with Gasteiger partial charge in [0.1, 0.15) is 0 Å². The van der Waals surface area contributed by atoms with Gasteiger partial charge in [0, 0.05) is 52.3 Å². The zero-order valence-corrected chi connectivity index (χ0v) is 14.0. The van der Waals surface area contributed by atoms with Gasteiger partial charge in [-0.2, -0.15) is 0 Å². The van der Waals surface area contributed by atoms with E-state index < -0.39 is 0 Å². The lowest BCUT2D eigenvalue weighted by molar-refractivity contribution is -0.132. The summed E-state index contributed by atoms with van der Waals surface area (Å²) in [5.41, 5.74) is 0. The monoisotopic (exact) mass is 319 g/mol. The van der Waals surface area contributed by atoms with Crippen molar-refractivity contribution in [3.63, 3.8) is 0 Å². The van der Waals surface area contributed by atoms with Crippen LogP contribution >= 0.6 is 12.4 Å². The average molecular weight is 320 g/mol. The van der Waals surface area contributed by atoms with Crippen LogP contribution in [0.25, 0.3) is 0 Å². The molecule has 1 atom stereocenters. The molecule has 2 heterocycles. The third-order valence-electron chi connectivity index (χ3n) is 4.27. The molecule has 2 fully saturated rings. The van der Waals surface area contributed by atoms with E-state index in [-0.39, 0.29) is 12.4 Å². The van der Waals surface area contributed by atoms with Gasteiger partial charge < -0.3 is 19.9 Å². The molecular weight excluding hydrogens is 290 g/mol. The first kappa shape index (κ1) is 18.7. The molecule has 0 spiro atoms. The molecule has 2 saturated heterocycles. The van der Waals surface area contributed by atoms with E-state index in [9.17, 15) is 4.79 Å². The van der Waals surface area contributed by atoms with E-state index in [2.05, 4.69) is 10.2 Å². The van der Waals surface area contributed by atoms with Gasteiger partial charge in [0.05, 0.1) is 6.61 Å². The zero-order valence-electron chi connectivity index (χ0n) is 13.2. The molecule has 0 bridgehead atoms. The maximum atomic E-state index is 12.1. The highest BCUT2D eigenvalue weighted by atomic mass is 35.5. The molecule has 0 aromatic carbocycles. The van der Waals surface area contributed by atoms with Gasteiger partial charge in [-0.05, 0) is 32.2 Å². The first-order chi connectivity index (χ1) is 9.79. The highest BCUT2D eigenvalue weighted by molar-refractivity contribution is 5.85. The second-order valence-corrected chi connectivity index (χ2v) is 5.85. The van der Waals surface area contributed by atoms with E-state index >= 15 is 0 Å². The lowest BCUT2D eigenvalue weighted by Crippen LogP contribution is -2.47. The summed E-state index contributed by atoms with van der Waals surface area (Å²) in [5.74, 6) is 0.969. The first-order valence-electron chi connectivity index (χ1n) is 8.08. The van der Waals surface area contributed by atoms with Crippen LogP contribution in [0.5, 0.6) is 0 Å². The highest BCUT2D eigenvalue weighted by Crippen LogP contribution is 2.17.